The van der Waals surface area contributed by atoms with E-state index in [0.717, 1.165) is 44.9 Å². The Morgan fingerprint density at radius 1 is 0.304 bits per heavy atom. The fraction of sp³-hybridized carbons (Fsp3) is 0.927. The first kappa shape index (κ1) is 107. The van der Waals surface area contributed by atoms with Gasteiger partial charge in [-0.15, -0.1) is 0 Å². The van der Waals surface area contributed by atoms with Crippen molar-refractivity contribution >= 4 is 5.91 Å². The molecule has 0 radical (unpaired) electrons. The molecule has 0 bridgehead atoms. The van der Waals surface area contributed by atoms with E-state index in [2.05, 4.69) is 43.5 Å². The standard InChI is InChI=1S/C96H181NO18/c1-3-5-7-9-11-13-15-17-19-21-23-25-27-29-31-33-35-37-38-39-40-41-42-44-46-48-50-52-54-56-58-60-62-64-66-68-70-72-74-84(102)97-79(80(101)73-71-69-67-65-63-61-59-57-55-53-51-49-47-45-43-36-34-32-30-28-26-24-22-20-18-16-14-12-10-8-6-4-2)78-110-94-90(108)87(105)92(82(76-99)112-94)115-96-91(109)88(106)93(83(77-100)113-96)114-95-89(107)86(104)85(103)81(75-98)111-95/h55,57,63,65,71,73,79-83,85-96,98-101,103-109H,3-54,56,58-62,64,66-70,72,74-78H2,1-2H3,(H,97,102)/b57-55+,65-63+,73-71+. The fourth-order valence-electron chi connectivity index (χ4n) is 16.7. The van der Waals surface area contributed by atoms with Gasteiger partial charge in [-0.2, -0.15) is 0 Å². The Bertz CT molecular complexity index is 2210. The molecule has 3 saturated heterocycles. The van der Waals surface area contributed by atoms with E-state index >= 15 is 0 Å². The average molecular weight is 1640 g/mol. The number of rotatable bonds is 81. The molecule has 17 atom stereocenters. The Morgan fingerprint density at radius 2 is 0.557 bits per heavy atom. The molecule has 19 nitrogen and oxygen atoms in total. The SMILES string of the molecule is CCCCCCCCCCCCCCCCCCCCCCCC/C=C/CC/C=C/CC/C=C/C(O)C(COC1OC(CO)C(OC2OC(CO)C(OC3OC(CO)C(O)C(O)C3O)C(O)C2O)C(O)C1O)NC(=O)CCCCCCCCCCCCCCCCCCCCCCCCCCCCCCCCCCCCCCCC. The van der Waals surface area contributed by atoms with E-state index in [1.165, 1.54) is 360 Å². The third-order valence-corrected chi connectivity index (χ3v) is 24.4. The van der Waals surface area contributed by atoms with Gasteiger partial charge in [-0.05, 0) is 44.9 Å². The number of amides is 1. The molecule has 0 aromatic heterocycles. The zero-order valence-corrected chi connectivity index (χ0v) is 73.6. The van der Waals surface area contributed by atoms with Crippen molar-refractivity contribution in [2.24, 2.45) is 0 Å². The van der Waals surface area contributed by atoms with Crippen molar-refractivity contribution in [1.82, 2.24) is 5.32 Å². The van der Waals surface area contributed by atoms with Gasteiger partial charge in [0.2, 0.25) is 5.91 Å². The maximum atomic E-state index is 13.5. The Morgan fingerprint density at radius 3 is 0.870 bits per heavy atom. The maximum Gasteiger partial charge on any atom is 0.220 e. The molecule has 0 aromatic carbocycles. The van der Waals surface area contributed by atoms with Crippen LogP contribution in [0.5, 0.6) is 0 Å². The lowest BCUT2D eigenvalue weighted by atomic mass is 9.96. The highest BCUT2D eigenvalue weighted by Gasteiger charge is 2.54. The van der Waals surface area contributed by atoms with Crippen molar-refractivity contribution in [3.63, 3.8) is 0 Å². The molecule has 0 saturated carbocycles. The third-order valence-electron chi connectivity index (χ3n) is 24.4. The van der Waals surface area contributed by atoms with E-state index < -0.39 is 124 Å². The summed E-state index contributed by atoms with van der Waals surface area (Å²) in [6, 6.07) is -0.998. The summed E-state index contributed by atoms with van der Waals surface area (Å²) in [5.41, 5.74) is 0. The number of aliphatic hydroxyl groups excluding tert-OH is 11. The minimum Gasteiger partial charge on any atom is -0.394 e. The van der Waals surface area contributed by atoms with E-state index in [4.69, 9.17) is 28.4 Å². The predicted molar refractivity (Wildman–Crippen MR) is 466 cm³/mol. The molecule has 1 amide bonds. The van der Waals surface area contributed by atoms with Crippen LogP contribution in [-0.2, 0) is 33.2 Å². The second kappa shape index (κ2) is 75.7. The summed E-state index contributed by atoms with van der Waals surface area (Å²) < 4.78 is 34.5. The topological polar surface area (TPSA) is 307 Å². The first-order valence-electron chi connectivity index (χ1n) is 48.7. The van der Waals surface area contributed by atoms with Crippen LogP contribution in [-0.4, -0.2) is 193 Å². The molecular weight excluding hydrogens is 1460 g/mol. The van der Waals surface area contributed by atoms with Crippen LogP contribution in [0.3, 0.4) is 0 Å². The van der Waals surface area contributed by atoms with Gasteiger partial charge < -0.3 is 89.9 Å². The minimum atomic E-state index is -1.98. The molecule has 0 aromatic rings. The number of carbonyl (C=O) groups is 1. The molecule has 19 heteroatoms. The van der Waals surface area contributed by atoms with E-state index in [1.54, 1.807) is 6.08 Å². The predicted octanol–water partition coefficient (Wildman–Crippen LogP) is 19.8. The summed E-state index contributed by atoms with van der Waals surface area (Å²) in [4.78, 5) is 13.5. The van der Waals surface area contributed by atoms with E-state index in [1.807, 2.05) is 6.08 Å². The Kier molecular flexibility index (Phi) is 70.6. The van der Waals surface area contributed by atoms with Gasteiger partial charge in [-0.3, -0.25) is 4.79 Å². The van der Waals surface area contributed by atoms with E-state index in [0.29, 0.717) is 12.8 Å². The highest BCUT2D eigenvalue weighted by Crippen LogP contribution is 2.34. The van der Waals surface area contributed by atoms with Crippen molar-refractivity contribution < 1.29 is 89.4 Å². The van der Waals surface area contributed by atoms with Crippen LogP contribution in [0.25, 0.3) is 0 Å². The van der Waals surface area contributed by atoms with Gasteiger partial charge >= 0.3 is 0 Å². The summed E-state index contributed by atoms with van der Waals surface area (Å²) in [5.74, 6) is -0.280. The monoisotopic (exact) mass is 1640 g/mol. The Balaban J connectivity index is 1.30. The number of unbranched alkanes of at least 4 members (excludes halogenated alkanes) is 61. The minimum absolute atomic E-state index is 0.237. The van der Waals surface area contributed by atoms with Crippen molar-refractivity contribution in [3.05, 3.63) is 36.5 Å². The molecule has 3 fully saturated rings. The highest BCUT2D eigenvalue weighted by atomic mass is 16.8. The maximum absolute atomic E-state index is 13.5. The smallest absolute Gasteiger partial charge is 0.220 e. The second-order valence-corrected chi connectivity index (χ2v) is 34.9. The number of allylic oxidation sites excluding steroid dienone is 5. The van der Waals surface area contributed by atoms with Gasteiger partial charge in [0.05, 0.1) is 38.6 Å². The van der Waals surface area contributed by atoms with E-state index in [-0.39, 0.29) is 18.9 Å². The first-order valence-corrected chi connectivity index (χ1v) is 48.7. The van der Waals surface area contributed by atoms with Gasteiger partial charge in [-0.1, -0.05) is 423 Å². The summed E-state index contributed by atoms with van der Waals surface area (Å²) >= 11 is 0. The molecule has 3 aliphatic heterocycles. The summed E-state index contributed by atoms with van der Waals surface area (Å²) in [6.45, 7) is 1.79. The number of hydrogen-bond acceptors (Lipinski definition) is 18. The van der Waals surface area contributed by atoms with Crippen LogP contribution < -0.4 is 5.32 Å². The zero-order chi connectivity index (χ0) is 83.1. The van der Waals surface area contributed by atoms with Gasteiger partial charge in [0, 0.05) is 6.42 Å². The van der Waals surface area contributed by atoms with Crippen LogP contribution in [0.15, 0.2) is 36.5 Å². The summed E-state index contributed by atoms with van der Waals surface area (Å²) in [7, 11) is 0. The van der Waals surface area contributed by atoms with Crippen LogP contribution in [0, 0.1) is 0 Å². The number of hydrogen-bond donors (Lipinski definition) is 12. The second-order valence-electron chi connectivity index (χ2n) is 34.9. The number of ether oxygens (including phenoxy) is 6. The van der Waals surface area contributed by atoms with Crippen molar-refractivity contribution in [2.75, 3.05) is 26.4 Å². The lowest BCUT2D eigenvalue weighted by Crippen LogP contribution is -2.66. The molecular formula is C96H181NO18. The van der Waals surface area contributed by atoms with Crippen LogP contribution in [0.2, 0.25) is 0 Å². The lowest BCUT2D eigenvalue weighted by Gasteiger charge is -2.48. The molecule has 678 valence electrons. The molecule has 12 N–H and O–H groups in total. The summed E-state index contributed by atoms with van der Waals surface area (Å²) in [6.07, 6.45) is 72.0. The van der Waals surface area contributed by atoms with E-state index in [9.17, 15) is 61.0 Å². The first-order chi connectivity index (χ1) is 56.3. The third kappa shape index (κ3) is 53.6. The zero-order valence-electron chi connectivity index (χ0n) is 73.6. The van der Waals surface area contributed by atoms with Crippen LogP contribution >= 0.6 is 0 Å². The fourth-order valence-corrected chi connectivity index (χ4v) is 16.7. The molecule has 3 rings (SSSR count). The molecule has 3 aliphatic rings. The number of aliphatic hydroxyl groups is 11. The molecule has 115 heavy (non-hydrogen) atoms. The molecule has 0 aliphatic carbocycles. The number of nitrogens with one attached hydrogen (secondary N) is 1. The Labute approximate surface area is 701 Å². The van der Waals surface area contributed by atoms with Gasteiger partial charge in [0.1, 0.15) is 73.2 Å². The molecule has 17 unspecified atom stereocenters. The van der Waals surface area contributed by atoms with Crippen molar-refractivity contribution in [2.45, 2.75) is 542 Å². The van der Waals surface area contributed by atoms with Gasteiger partial charge in [0.15, 0.2) is 18.9 Å². The van der Waals surface area contributed by atoms with Crippen molar-refractivity contribution in [1.29, 1.82) is 0 Å². The normalized spacial score (nSPS) is 24.7. The Hall–Kier alpha value is -1.99. The summed E-state index contributed by atoms with van der Waals surface area (Å²) in [5, 5.41) is 121. The van der Waals surface area contributed by atoms with Crippen molar-refractivity contribution in [3.8, 4) is 0 Å². The van der Waals surface area contributed by atoms with Crippen LogP contribution in [0.1, 0.15) is 438 Å². The molecule has 0 spiro atoms. The lowest BCUT2D eigenvalue weighted by molar-refractivity contribution is -0.379. The van der Waals surface area contributed by atoms with Gasteiger partial charge in [0.25, 0.3) is 0 Å². The molecule has 3 heterocycles. The average Bonchev–Trinajstić information content (AvgIpc) is 0.777. The highest BCUT2D eigenvalue weighted by molar-refractivity contribution is 5.76. The number of carbonyl (C=O) groups excluding carboxylic acids is 1. The van der Waals surface area contributed by atoms with Crippen LogP contribution in [0.4, 0.5) is 0 Å². The largest absolute Gasteiger partial charge is 0.394 e. The van der Waals surface area contributed by atoms with Gasteiger partial charge in [-0.25, -0.2) is 0 Å². The quantitative estimate of drug-likeness (QED) is 0.0199.